The van der Waals surface area contributed by atoms with E-state index < -0.39 is 43.5 Å². The van der Waals surface area contributed by atoms with Gasteiger partial charge in [0.1, 0.15) is 0 Å². The fraction of sp³-hybridized carbons (Fsp3) is 0.333. The van der Waals surface area contributed by atoms with Crippen molar-refractivity contribution >= 4 is 12.2 Å². The Kier molecular flexibility index (Phi) is 16.2. The summed E-state index contributed by atoms with van der Waals surface area (Å²) in [6, 6.07) is 18.0. The fourth-order valence-electron chi connectivity index (χ4n) is 7.71. The van der Waals surface area contributed by atoms with Crippen molar-refractivity contribution in [1.82, 2.24) is 0 Å². The monoisotopic (exact) mass is 804 g/mol. The van der Waals surface area contributed by atoms with Crippen LogP contribution >= 0.6 is 0 Å². The number of allylic oxidation sites excluding steroid dienone is 12. The Morgan fingerprint density at radius 2 is 1.07 bits per heavy atom. The van der Waals surface area contributed by atoms with Crippen LogP contribution in [0.2, 0.25) is 8.26 Å². The van der Waals surface area contributed by atoms with Gasteiger partial charge < -0.3 is 24.8 Å². The zero-order valence-corrected chi connectivity index (χ0v) is 34.2. The third-order valence-corrected chi connectivity index (χ3v) is 28.1. The van der Waals surface area contributed by atoms with Gasteiger partial charge in [0.05, 0.1) is 0 Å². The number of fused-ring (bicyclic) bond motifs is 2. The van der Waals surface area contributed by atoms with Crippen molar-refractivity contribution in [3.05, 3.63) is 151 Å². The summed E-state index contributed by atoms with van der Waals surface area (Å²) >= 11 is -3.62. The van der Waals surface area contributed by atoms with Crippen LogP contribution in [0.3, 0.4) is 0 Å². The molecule has 2 aromatic carbocycles. The Balaban J connectivity index is 0.000000240. The average Bonchev–Trinajstić information content (AvgIpc) is 3.88. The predicted molar refractivity (Wildman–Crippen MR) is 187 cm³/mol. The predicted octanol–water partition coefficient (Wildman–Crippen LogP) is 6.34. The maximum atomic E-state index is 4.09. The van der Waals surface area contributed by atoms with Gasteiger partial charge >= 0.3 is 287 Å². The summed E-state index contributed by atoms with van der Waals surface area (Å²) in [6.45, 7) is 12.8. The molecule has 0 amide bonds. The van der Waals surface area contributed by atoms with Crippen molar-refractivity contribution in [3.63, 3.8) is 0 Å². The Morgan fingerprint density at radius 3 is 1.41 bits per heavy atom. The first-order chi connectivity index (χ1) is 21.6. The van der Waals surface area contributed by atoms with Gasteiger partial charge in [0.2, 0.25) is 0 Å². The summed E-state index contributed by atoms with van der Waals surface area (Å²) in [5.74, 6) is 0. The first-order valence-corrected chi connectivity index (χ1v) is 25.3. The standard InChI is InChI=1S/2C12H11.2C5H5.2C4H9.2ClH.2Zr/c2*1-2-5-10-8-9-11-6-3-4-7-12(10)11;2*1-2-4-5-3-1;2*1-3-4-2;;;;/h2*2-4,6-9H,1,5H2;2*1-3H,4H2;2*1,3-4H2,2H3;2*1H;;/q;;;;;;;;2*+1/p-2. The second kappa shape index (κ2) is 19.0. The third-order valence-electron chi connectivity index (χ3n) is 9.87. The van der Waals surface area contributed by atoms with Gasteiger partial charge in [-0.2, -0.15) is 0 Å². The molecule has 0 aliphatic heterocycles. The van der Waals surface area contributed by atoms with Gasteiger partial charge in [0.25, 0.3) is 0 Å². The SMILES string of the molecule is C=CC[C]1([Zr+]([CH2]CCC)[C]2=CC=CC2)C=Cc2ccccc21.C=CC[C]1([Zr+]([CH2]CCC)[C]2=CC=CC2)C=Cc2ccccc21.[Cl-].[Cl-]. The number of benzene rings is 2. The Hall–Kier alpha value is -1.29. The van der Waals surface area contributed by atoms with E-state index in [0.29, 0.717) is 6.25 Å². The van der Waals surface area contributed by atoms with Crippen molar-refractivity contribution in [2.75, 3.05) is 0 Å². The van der Waals surface area contributed by atoms with Crippen LogP contribution in [0.5, 0.6) is 0 Å². The molecule has 0 saturated carbocycles. The van der Waals surface area contributed by atoms with Crippen LogP contribution in [0.1, 0.15) is 87.5 Å². The van der Waals surface area contributed by atoms with Gasteiger partial charge in [0.15, 0.2) is 0 Å². The van der Waals surface area contributed by atoms with E-state index in [2.05, 4.69) is 148 Å². The van der Waals surface area contributed by atoms with E-state index in [1.807, 2.05) is 0 Å². The summed E-state index contributed by atoms with van der Waals surface area (Å²) < 4.78 is 7.09. The first-order valence-electron chi connectivity index (χ1n) is 16.9. The normalized spacial score (nSPS) is 20.8. The van der Waals surface area contributed by atoms with E-state index in [1.165, 1.54) is 57.9 Å². The van der Waals surface area contributed by atoms with E-state index in [4.69, 9.17) is 0 Å². The number of hydrogen-bond acceptors (Lipinski definition) is 0. The van der Waals surface area contributed by atoms with Crippen LogP contribution in [0.25, 0.3) is 12.2 Å². The van der Waals surface area contributed by atoms with Gasteiger partial charge in [-0.3, -0.25) is 0 Å². The van der Waals surface area contributed by atoms with Crippen molar-refractivity contribution in [1.29, 1.82) is 0 Å². The second-order valence-corrected chi connectivity index (χ2v) is 27.3. The van der Waals surface area contributed by atoms with Gasteiger partial charge in [-0.1, -0.05) is 0 Å². The van der Waals surface area contributed by atoms with E-state index in [1.54, 1.807) is 17.7 Å². The molecular formula is C42H50Cl2Zr2. The van der Waals surface area contributed by atoms with E-state index in [9.17, 15) is 0 Å². The summed E-state index contributed by atoms with van der Waals surface area (Å²) in [5.41, 5.74) is 6.03. The summed E-state index contributed by atoms with van der Waals surface area (Å²) in [6.07, 6.45) is 38.2. The maximum absolute atomic E-state index is 4.09. The second-order valence-electron chi connectivity index (χ2n) is 12.6. The van der Waals surface area contributed by atoms with Gasteiger partial charge in [-0.25, -0.2) is 0 Å². The molecule has 4 aliphatic carbocycles. The van der Waals surface area contributed by atoms with Gasteiger partial charge in [-0.15, -0.1) is 0 Å². The van der Waals surface area contributed by atoms with Crippen LogP contribution in [0.15, 0.2) is 129 Å². The maximum Gasteiger partial charge on any atom is -1.00 e. The van der Waals surface area contributed by atoms with E-state index in [0.717, 1.165) is 12.8 Å². The van der Waals surface area contributed by atoms with E-state index >= 15 is 0 Å². The van der Waals surface area contributed by atoms with Crippen LogP contribution in [0.4, 0.5) is 0 Å². The quantitative estimate of drug-likeness (QED) is 0.196. The molecule has 240 valence electrons. The third kappa shape index (κ3) is 8.28. The molecule has 2 atom stereocenters. The number of unbranched alkanes of at least 4 members (excludes halogenated alkanes) is 2. The minimum absolute atomic E-state index is 0. The molecule has 4 aliphatic rings. The zero-order valence-electron chi connectivity index (χ0n) is 27.8. The van der Waals surface area contributed by atoms with Crippen LogP contribution in [0, 0.1) is 0 Å². The molecule has 0 spiro atoms. The molecule has 2 unspecified atom stereocenters. The minimum atomic E-state index is -1.81. The minimum Gasteiger partial charge on any atom is -1.00 e. The molecule has 46 heavy (non-hydrogen) atoms. The molecule has 0 heterocycles. The van der Waals surface area contributed by atoms with Crippen LogP contribution in [-0.4, -0.2) is 0 Å². The smallest absolute Gasteiger partial charge is 1.00 e. The number of halogens is 2. The molecule has 0 bridgehead atoms. The molecule has 6 rings (SSSR count). The zero-order chi connectivity index (χ0) is 30.8. The molecule has 4 heteroatoms. The molecule has 0 saturated heterocycles. The van der Waals surface area contributed by atoms with E-state index in [-0.39, 0.29) is 24.8 Å². The Bertz CT molecular complexity index is 1400. The molecule has 0 fully saturated rings. The van der Waals surface area contributed by atoms with Crippen molar-refractivity contribution < 1.29 is 68.3 Å². The molecule has 2 aromatic rings. The van der Waals surface area contributed by atoms with Crippen molar-refractivity contribution in [3.8, 4) is 0 Å². The Morgan fingerprint density at radius 1 is 0.652 bits per heavy atom. The Labute approximate surface area is 308 Å². The largest absolute Gasteiger partial charge is 1.00 e. The molecular weight excluding hydrogens is 758 g/mol. The average molecular weight is 808 g/mol. The number of rotatable bonds is 14. The van der Waals surface area contributed by atoms with Gasteiger partial charge in [-0.05, 0) is 0 Å². The molecule has 0 radical (unpaired) electrons. The molecule has 0 nitrogen and oxygen atoms in total. The van der Waals surface area contributed by atoms with Crippen molar-refractivity contribution in [2.45, 2.75) is 79.7 Å². The topological polar surface area (TPSA) is 0 Å². The summed E-state index contributed by atoms with van der Waals surface area (Å²) in [4.78, 5) is 0. The van der Waals surface area contributed by atoms with Crippen LogP contribution in [-0.2, 0) is 49.7 Å². The first kappa shape index (κ1) is 39.1. The van der Waals surface area contributed by atoms with Crippen molar-refractivity contribution in [2.24, 2.45) is 0 Å². The molecule has 0 aromatic heterocycles. The molecule has 0 N–H and O–H groups in total. The van der Waals surface area contributed by atoms with Crippen LogP contribution < -0.4 is 24.8 Å². The number of hydrogen-bond donors (Lipinski definition) is 0. The summed E-state index contributed by atoms with van der Waals surface area (Å²) in [5, 5.41) is 0. The summed E-state index contributed by atoms with van der Waals surface area (Å²) in [7, 11) is 0. The fourth-order valence-corrected chi connectivity index (χ4v) is 27.1. The van der Waals surface area contributed by atoms with Gasteiger partial charge in [0, 0.05) is 0 Å².